The van der Waals surface area contributed by atoms with E-state index in [1.165, 1.54) is 0 Å². The molecule has 0 bridgehead atoms. The lowest BCUT2D eigenvalue weighted by Gasteiger charge is -2.22. The SMILES string of the molecule is C[C@@H](OCc1cccnc1)C(NCc1cccnc1)C(N)=O.Cl.Cl. The van der Waals surface area contributed by atoms with Crippen LogP contribution in [0.4, 0.5) is 0 Å². The largest absolute Gasteiger partial charge is 0.372 e. The number of ether oxygens (including phenoxy) is 1. The van der Waals surface area contributed by atoms with Gasteiger partial charge in [-0.05, 0) is 30.2 Å². The van der Waals surface area contributed by atoms with Crippen LogP contribution in [0.15, 0.2) is 49.1 Å². The van der Waals surface area contributed by atoms with Crippen molar-refractivity contribution >= 4 is 30.7 Å². The number of carbonyl (C=O) groups excluding carboxylic acids is 1. The number of primary amides is 1. The second kappa shape index (κ2) is 11.8. The standard InChI is InChI=1S/C16H20N4O2.2ClH/c1-12(22-11-14-5-3-7-19-9-14)15(16(17)21)20-10-13-4-2-6-18-8-13;;/h2-9,12,15,20H,10-11H2,1H3,(H2,17,21);2*1H/t12-,15?;;/m1../s1. The first-order chi connectivity index (χ1) is 10.7. The number of nitrogens with zero attached hydrogens (tertiary/aromatic N) is 2. The van der Waals surface area contributed by atoms with E-state index >= 15 is 0 Å². The van der Waals surface area contributed by atoms with Gasteiger partial charge in [0.2, 0.25) is 5.91 Å². The normalized spacial score (nSPS) is 12.4. The van der Waals surface area contributed by atoms with Crippen molar-refractivity contribution in [3.63, 3.8) is 0 Å². The zero-order valence-corrected chi connectivity index (χ0v) is 14.9. The van der Waals surface area contributed by atoms with E-state index in [-0.39, 0.29) is 30.9 Å². The van der Waals surface area contributed by atoms with Gasteiger partial charge in [0.15, 0.2) is 0 Å². The van der Waals surface area contributed by atoms with E-state index in [2.05, 4.69) is 15.3 Å². The van der Waals surface area contributed by atoms with Gasteiger partial charge in [-0.3, -0.25) is 20.1 Å². The Hall–Kier alpha value is -1.73. The molecular weight excluding hydrogens is 351 g/mol. The molecule has 2 aromatic heterocycles. The Kier molecular flexibility index (Phi) is 10.9. The maximum absolute atomic E-state index is 11.6. The minimum absolute atomic E-state index is 0. The Morgan fingerprint density at radius 1 is 1.17 bits per heavy atom. The maximum atomic E-state index is 11.6. The summed E-state index contributed by atoms with van der Waals surface area (Å²) < 4.78 is 5.72. The van der Waals surface area contributed by atoms with Crippen LogP contribution < -0.4 is 11.1 Å². The summed E-state index contributed by atoms with van der Waals surface area (Å²) in [5, 5.41) is 3.12. The second-order valence-electron chi connectivity index (χ2n) is 5.00. The average Bonchev–Trinajstić information content (AvgIpc) is 2.55. The first kappa shape index (κ1) is 22.3. The molecule has 1 unspecified atom stereocenters. The second-order valence-corrected chi connectivity index (χ2v) is 5.00. The predicted molar refractivity (Wildman–Crippen MR) is 97.0 cm³/mol. The molecule has 2 atom stereocenters. The van der Waals surface area contributed by atoms with Gasteiger partial charge in [-0.25, -0.2) is 0 Å². The molecule has 6 nitrogen and oxygen atoms in total. The summed E-state index contributed by atoms with van der Waals surface area (Å²) in [7, 11) is 0. The topological polar surface area (TPSA) is 90.1 Å². The minimum atomic E-state index is -0.572. The van der Waals surface area contributed by atoms with Crippen LogP contribution in [0.2, 0.25) is 0 Å². The molecule has 132 valence electrons. The van der Waals surface area contributed by atoms with Gasteiger partial charge in [-0.1, -0.05) is 12.1 Å². The number of halogens is 2. The van der Waals surface area contributed by atoms with Crippen LogP contribution in [0, 0.1) is 0 Å². The number of aromatic nitrogens is 2. The quantitative estimate of drug-likeness (QED) is 0.737. The smallest absolute Gasteiger partial charge is 0.237 e. The Morgan fingerprint density at radius 3 is 2.25 bits per heavy atom. The molecule has 0 aromatic carbocycles. The third-order valence-electron chi connectivity index (χ3n) is 3.26. The summed E-state index contributed by atoms with van der Waals surface area (Å²) in [6, 6.07) is 6.96. The van der Waals surface area contributed by atoms with Crippen molar-refractivity contribution in [1.82, 2.24) is 15.3 Å². The molecular formula is C16H22Cl2N4O2. The highest BCUT2D eigenvalue weighted by molar-refractivity contribution is 5.85. The Morgan fingerprint density at radius 2 is 1.75 bits per heavy atom. The molecule has 0 saturated carbocycles. The number of hydrogen-bond donors (Lipinski definition) is 2. The highest BCUT2D eigenvalue weighted by Gasteiger charge is 2.23. The van der Waals surface area contributed by atoms with Gasteiger partial charge in [-0.2, -0.15) is 0 Å². The lowest BCUT2D eigenvalue weighted by Crippen LogP contribution is -2.49. The van der Waals surface area contributed by atoms with Crippen LogP contribution in [0.1, 0.15) is 18.1 Å². The zero-order chi connectivity index (χ0) is 15.8. The molecule has 3 N–H and O–H groups in total. The fourth-order valence-electron chi connectivity index (χ4n) is 2.04. The number of amides is 1. The fraction of sp³-hybridized carbons (Fsp3) is 0.312. The van der Waals surface area contributed by atoms with Crippen LogP contribution >= 0.6 is 24.8 Å². The van der Waals surface area contributed by atoms with Crippen LogP contribution in [0.5, 0.6) is 0 Å². The molecule has 8 heteroatoms. The highest BCUT2D eigenvalue weighted by atomic mass is 35.5. The summed E-state index contributed by atoms with van der Waals surface area (Å²) in [6.07, 6.45) is 6.53. The molecule has 0 aliphatic heterocycles. The van der Waals surface area contributed by atoms with Crippen molar-refractivity contribution in [3.05, 3.63) is 60.2 Å². The van der Waals surface area contributed by atoms with E-state index in [4.69, 9.17) is 10.5 Å². The van der Waals surface area contributed by atoms with Crippen molar-refractivity contribution in [2.24, 2.45) is 5.73 Å². The van der Waals surface area contributed by atoms with Crippen molar-refractivity contribution in [2.45, 2.75) is 32.2 Å². The highest BCUT2D eigenvalue weighted by Crippen LogP contribution is 2.06. The number of rotatable bonds is 8. The van der Waals surface area contributed by atoms with Crippen molar-refractivity contribution in [2.75, 3.05) is 0 Å². The molecule has 0 fully saturated rings. The van der Waals surface area contributed by atoms with Crippen LogP contribution in [0.25, 0.3) is 0 Å². The summed E-state index contributed by atoms with van der Waals surface area (Å²) in [5.41, 5.74) is 7.39. The molecule has 0 spiro atoms. The lowest BCUT2D eigenvalue weighted by molar-refractivity contribution is -0.124. The van der Waals surface area contributed by atoms with E-state index in [0.717, 1.165) is 11.1 Å². The summed E-state index contributed by atoms with van der Waals surface area (Å²) in [4.78, 5) is 19.7. The van der Waals surface area contributed by atoms with Crippen molar-refractivity contribution in [3.8, 4) is 0 Å². The predicted octanol–water partition coefficient (Wildman–Crippen LogP) is 1.87. The third-order valence-corrected chi connectivity index (χ3v) is 3.26. The van der Waals surface area contributed by atoms with E-state index < -0.39 is 11.9 Å². The fourth-order valence-corrected chi connectivity index (χ4v) is 2.04. The van der Waals surface area contributed by atoms with Crippen molar-refractivity contribution < 1.29 is 9.53 Å². The molecule has 0 aliphatic rings. The number of nitrogens with two attached hydrogens (primary N) is 1. The molecule has 2 rings (SSSR count). The van der Waals surface area contributed by atoms with Gasteiger partial charge in [0.25, 0.3) is 0 Å². The molecule has 0 radical (unpaired) electrons. The summed E-state index contributed by atoms with van der Waals surface area (Å²) in [5.74, 6) is -0.442. The first-order valence-corrected chi connectivity index (χ1v) is 7.09. The van der Waals surface area contributed by atoms with Crippen molar-refractivity contribution in [1.29, 1.82) is 0 Å². The lowest BCUT2D eigenvalue weighted by atomic mass is 10.1. The van der Waals surface area contributed by atoms with Gasteiger partial charge in [0, 0.05) is 31.3 Å². The Bertz CT molecular complexity index is 587. The molecule has 2 heterocycles. The van der Waals surface area contributed by atoms with Gasteiger partial charge in [0.1, 0.15) is 6.04 Å². The summed E-state index contributed by atoms with van der Waals surface area (Å²) in [6.45, 7) is 2.71. The molecule has 0 saturated heterocycles. The van der Waals surface area contributed by atoms with E-state index in [0.29, 0.717) is 13.2 Å². The Balaban J connectivity index is 0.00000264. The van der Waals surface area contributed by atoms with Gasteiger partial charge < -0.3 is 10.5 Å². The monoisotopic (exact) mass is 372 g/mol. The van der Waals surface area contributed by atoms with E-state index in [1.807, 2.05) is 31.2 Å². The van der Waals surface area contributed by atoms with E-state index in [9.17, 15) is 4.79 Å². The van der Waals surface area contributed by atoms with Crippen LogP contribution in [0.3, 0.4) is 0 Å². The van der Waals surface area contributed by atoms with E-state index in [1.54, 1.807) is 24.8 Å². The maximum Gasteiger partial charge on any atom is 0.237 e. The van der Waals surface area contributed by atoms with Crippen LogP contribution in [-0.2, 0) is 22.7 Å². The number of nitrogens with one attached hydrogen (secondary N) is 1. The minimum Gasteiger partial charge on any atom is -0.372 e. The molecule has 0 aliphatic carbocycles. The Labute approximate surface area is 154 Å². The first-order valence-electron chi connectivity index (χ1n) is 7.09. The number of carbonyl (C=O) groups is 1. The zero-order valence-electron chi connectivity index (χ0n) is 13.3. The van der Waals surface area contributed by atoms with Gasteiger partial charge in [0.05, 0.1) is 12.7 Å². The number of pyridine rings is 2. The molecule has 24 heavy (non-hydrogen) atoms. The van der Waals surface area contributed by atoms with Gasteiger partial charge in [-0.15, -0.1) is 24.8 Å². The number of hydrogen-bond acceptors (Lipinski definition) is 5. The third kappa shape index (κ3) is 7.23. The van der Waals surface area contributed by atoms with Gasteiger partial charge >= 0.3 is 0 Å². The molecule has 1 amide bonds. The average molecular weight is 373 g/mol. The van der Waals surface area contributed by atoms with Crippen LogP contribution in [-0.4, -0.2) is 28.0 Å². The molecule has 2 aromatic rings. The summed E-state index contributed by atoms with van der Waals surface area (Å²) >= 11 is 0.